The number of nitrogens with two attached hydrogens (primary N) is 1. The van der Waals surface area contributed by atoms with E-state index < -0.39 is 0 Å². The molecule has 0 aliphatic rings. The molecular formula is C12H15FN2. The molecule has 0 saturated carbocycles. The van der Waals surface area contributed by atoms with Gasteiger partial charge in [-0.1, -0.05) is 6.07 Å². The first-order valence-corrected chi connectivity index (χ1v) is 5.19. The maximum absolute atomic E-state index is 13.6. The highest BCUT2D eigenvalue weighted by Crippen LogP contribution is 2.25. The average molecular weight is 206 g/mol. The molecule has 0 radical (unpaired) electrons. The molecule has 80 valence electrons. The zero-order valence-corrected chi connectivity index (χ0v) is 8.81. The van der Waals surface area contributed by atoms with Gasteiger partial charge in [-0.15, -0.1) is 0 Å². The van der Waals surface area contributed by atoms with Gasteiger partial charge >= 0.3 is 0 Å². The second-order valence-corrected chi connectivity index (χ2v) is 3.82. The number of fused-ring (bicyclic) bond motifs is 1. The van der Waals surface area contributed by atoms with Gasteiger partial charge in [0.05, 0.1) is 5.52 Å². The molecule has 2 rings (SSSR count). The Balaban J connectivity index is 2.53. The molecule has 0 spiro atoms. The largest absolute Gasteiger partial charge is 0.361 e. The van der Waals surface area contributed by atoms with Gasteiger partial charge in [0.1, 0.15) is 5.82 Å². The smallest absolute Gasteiger partial charge is 0.132 e. The number of hydrogen-bond acceptors (Lipinski definition) is 1. The summed E-state index contributed by atoms with van der Waals surface area (Å²) < 4.78 is 13.6. The van der Waals surface area contributed by atoms with Crippen LogP contribution in [0.25, 0.3) is 10.9 Å². The molecule has 2 aromatic rings. The van der Waals surface area contributed by atoms with Gasteiger partial charge in [-0.3, -0.25) is 0 Å². The lowest BCUT2D eigenvalue weighted by atomic mass is 10.1. The normalized spacial score (nSPS) is 11.1. The van der Waals surface area contributed by atoms with Gasteiger partial charge in [0.25, 0.3) is 0 Å². The number of hydrogen-bond donors (Lipinski definition) is 2. The molecule has 0 fully saturated rings. The number of halogens is 1. The van der Waals surface area contributed by atoms with Crippen LogP contribution in [0.15, 0.2) is 18.3 Å². The summed E-state index contributed by atoms with van der Waals surface area (Å²) in [4.78, 5) is 3.13. The minimum absolute atomic E-state index is 0.149. The van der Waals surface area contributed by atoms with E-state index in [1.807, 2.05) is 13.1 Å². The summed E-state index contributed by atoms with van der Waals surface area (Å²) in [5, 5.41) is 0.725. The highest BCUT2D eigenvalue weighted by molar-refractivity contribution is 5.86. The number of aromatic nitrogens is 1. The molecule has 1 aromatic heterocycles. The van der Waals surface area contributed by atoms with Crippen LogP contribution < -0.4 is 5.73 Å². The molecule has 15 heavy (non-hydrogen) atoms. The van der Waals surface area contributed by atoms with Gasteiger partial charge in [-0.05, 0) is 43.5 Å². The molecule has 0 aliphatic heterocycles. The summed E-state index contributed by atoms with van der Waals surface area (Å²) in [5.41, 5.74) is 8.46. The van der Waals surface area contributed by atoms with Crippen LogP contribution in [-0.2, 0) is 6.42 Å². The fourth-order valence-electron chi connectivity index (χ4n) is 1.90. The summed E-state index contributed by atoms with van der Waals surface area (Å²) in [7, 11) is 0. The Labute approximate surface area is 88.3 Å². The fourth-order valence-corrected chi connectivity index (χ4v) is 1.90. The first kappa shape index (κ1) is 10.2. The van der Waals surface area contributed by atoms with E-state index in [0.29, 0.717) is 6.54 Å². The second-order valence-electron chi connectivity index (χ2n) is 3.82. The Morgan fingerprint density at radius 1 is 1.40 bits per heavy atom. The fraction of sp³-hybridized carbons (Fsp3) is 0.333. The molecule has 3 N–H and O–H groups in total. The van der Waals surface area contributed by atoms with E-state index in [-0.39, 0.29) is 5.82 Å². The van der Waals surface area contributed by atoms with Crippen molar-refractivity contribution in [3.8, 4) is 0 Å². The second kappa shape index (κ2) is 4.03. The molecule has 1 aromatic carbocycles. The van der Waals surface area contributed by atoms with Crippen molar-refractivity contribution in [1.29, 1.82) is 0 Å². The number of nitrogens with one attached hydrogen (secondary N) is 1. The average Bonchev–Trinajstić information content (AvgIpc) is 2.65. The predicted molar refractivity (Wildman–Crippen MR) is 60.4 cm³/mol. The lowest BCUT2D eigenvalue weighted by molar-refractivity contribution is 0.638. The van der Waals surface area contributed by atoms with Crippen LogP contribution in [-0.4, -0.2) is 11.5 Å². The zero-order chi connectivity index (χ0) is 10.8. The molecule has 1 heterocycles. The Kier molecular flexibility index (Phi) is 2.73. The number of H-pyrrole nitrogens is 1. The first-order chi connectivity index (χ1) is 7.24. The minimum atomic E-state index is -0.149. The Hall–Kier alpha value is -1.35. The predicted octanol–water partition coefficient (Wildman–Crippen LogP) is 2.51. The van der Waals surface area contributed by atoms with Crippen molar-refractivity contribution >= 4 is 10.9 Å². The van der Waals surface area contributed by atoms with Crippen LogP contribution in [0.1, 0.15) is 17.5 Å². The maximum Gasteiger partial charge on any atom is 0.132 e. The molecule has 0 amide bonds. The number of rotatable bonds is 3. The van der Waals surface area contributed by atoms with Crippen molar-refractivity contribution in [2.24, 2.45) is 5.73 Å². The van der Waals surface area contributed by atoms with Gasteiger partial charge in [0.2, 0.25) is 0 Å². The molecule has 0 aliphatic carbocycles. The van der Waals surface area contributed by atoms with Crippen LogP contribution >= 0.6 is 0 Å². The van der Waals surface area contributed by atoms with Crippen LogP contribution in [0.3, 0.4) is 0 Å². The maximum atomic E-state index is 13.6. The van der Waals surface area contributed by atoms with Gasteiger partial charge in [0.15, 0.2) is 0 Å². The zero-order valence-electron chi connectivity index (χ0n) is 8.81. The molecule has 0 saturated heterocycles. The van der Waals surface area contributed by atoms with E-state index >= 15 is 0 Å². The van der Waals surface area contributed by atoms with Crippen molar-refractivity contribution in [1.82, 2.24) is 4.98 Å². The lowest BCUT2D eigenvalue weighted by Crippen LogP contribution is -2.00. The summed E-state index contributed by atoms with van der Waals surface area (Å²) in [6.07, 6.45) is 3.60. The van der Waals surface area contributed by atoms with Crippen LogP contribution in [0, 0.1) is 12.7 Å². The molecular weight excluding hydrogens is 191 g/mol. The minimum Gasteiger partial charge on any atom is -0.361 e. The third kappa shape index (κ3) is 1.75. The number of aromatic amines is 1. The third-order valence-electron chi connectivity index (χ3n) is 2.72. The Morgan fingerprint density at radius 2 is 2.20 bits per heavy atom. The van der Waals surface area contributed by atoms with Gasteiger partial charge in [-0.25, -0.2) is 4.39 Å². The summed E-state index contributed by atoms with van der Waals surface area (Å²) in [6, 6.07) is 3.32. The van der Waals surface area contributed by atoms with Crippen LogP contribution in [0.2, 0.25) is 0 Å². The van der Waals surface area contributed by atoms with E-state index in [9.17, 15) is 4.39 Å². The molecule has 2 nitrogen and oxygen atoms in total. The first-order valence-electron chi connectivity index (χ1n) is 5.19. The van der Waals surface area contributed by atoms with Gasteiger partial charge in [0, 0.05) is 11.6 Å². The van der Waals surface area contributed by atoms with E-state index in [1.54, 1.807) is 6.07 Å². The monoisotopic (exact) mass is 206 g/mol. The van der Waals surface area contributed by atoms with E-state index in [2.05, 4.69) is 4.98 Å². The standard InChI is InChI=1S/C12H15FN2/c1-8-4-5-10(13)11-9(3-2-6-14)7-15-12(8)11/h4-5,7,15H,2-3,6,14H2,1H3. The lowest BCUT2D eigenvalue weighted by Gasteiger charge is -2.00. The number of benzene rings is 1. The Morgan fingerprint density at radius 3 is 2.93 bits per heavy atom. The van der Waals surface area contributed by atoms with E-state index in [4.69, 9.17) is 5.73 Å². The van der Waals surface area contributed by atoms with Crippen molar-refractivity contribution in [2.45, 2.75) is 19.8 Å². The molecule has 3 heteroatoms. The van der Waals surface area contributed by atoms with Crippen LogP contribution in [0.4, 0.5) is 4.39 Å². The summed E-state index contributed by atoms with van der Waals surface area (Å²) in [5.74, 6) is -0.149. The highest BCUT2D eigenvalue weighted by atomic mass is 19.1. The van der Waals surface area contributed by atoms with Gasteiger partial charge in [-0.2, -0.15) is 0 Å². The van der Waals surface area contributed by atoms with Crippen molar-refractivity contribution < 1.29 is 4.39 Å². The molecule has 0 atom stereocenters. The van der Waals surface area contributed by atoms with Crippen LogP contribution in [0.5, 0.6) is 0 Å². The summed E-state index contributed by atoms with van der Waals surface area (Å²) >= 11 is 0. The van der Waals surface area contributed by atoms with E-state index in [1.165, 1.54) is 6.07 Å². The van der Waals surface area contributed by atoms with Crippen molar-refractivity contribution in [3.05, 3.63) is 35.3 Å². The molecule has 0 bridgehead atoms. The highest BCUT2D eigenvalue weighted by Gasteiger charge is 2.09. The topological polar surface area (TPSA) is 41.8 Å². The van der Waals surface area contributed by atoms with E-state index in [0.717, 1.165) is 34.9 Å². The summed E-state index contributed by atoms with van der Waals surface area (Å²) in [6.45, 7) is 2.62. The third-order valence-corrected chi connectivity index (χ3v) is 2.72. The van der Waals surface area contributed by atoms with Crippen molar-refractivity contribution in [3.63, 3.8) is 0 Å². The number of aryl methyl sites for hydroxylation is 2. The quantitative estimate of drug-likeness (QED) is 0.796. The molecule has 0 unspecified atom stereocenters. The van der Waals surface area contributed by atoms with Crippen molar-refractivity contribution in [2.75, 3.05) is 6.54 Å². The Bertz CT molecular complexity index is 474. The SMILES string of the molecule is Cc1ccc(F)c2c(CCCN)c[nH]c12. The van der Waals surface area contributed by atoms with Gasteiger partial charge < -0.3 is 10.7 Å².